The van der Waals surface area contributed by atoms with Crippen molar-refractivity contribution in [3.8, 4) is 0 Å². The normalized spacial score (nSPS) is 10.1. The number of thiazole rings is 1. The van der Waals surface area contributed by atoms with Gasteiger partial charge >= 0.3 is 5.30 Å². The molecule has 0 aliphatic heterocycles. The molecule has 0 bridgehead atoms. The summed E-state index contributed by atoms with van der Waals surface area (Å²) in [4.78, 5) is 16.4. The second-order valence-corrected chi connectivity index (χ2v) is 4.79. The number of rotatable bonds is 2. The van der Waals surface area contributed by atoms with Crippen molar-refractivity contribution in [2.24, 2.45) is 0 Å². The van der Waals surface area contributed by atoms with E-state index in [1.54, 1.807) is 6.92 Å². The molecule has 1 rings (SSSR count). The number of ether oxygens (including phenoxy) is 1. The van der Waals surface area contributed by atoms with E-state index in [9.17, 15) is 4.79 Å². The van der Waals surface area contributed by atoms with Crippen molar-refractivity contribution >= 4 is 28.4 Å². The van der Waals surface area contributed by atoms with Gasteiger partial charge in [0.05, 0.1) is 12.3 Å². The number of hydrogen-bond acceptors (Lipinski definition) is 5. The molecule has 0 aromatic carbocycles. The Morgan fingerprint density at radius 3 is 2.77 bits per heavy atom. The molecule has 5 heteroatoms. The minimum Gasteiger partial charge on any atom is -0.458 e. The molecule has 0 amide bonds. The minimum absolute atomic E-state index is 0.281. The van der Waals surface area contributed by atoms with Crippen LogP contribution in [0.25, 0.3) is 0 Å². The Bertz CT molecular complexity index is 290. The molecule has 1 aromatic rings. The molecule has 0 radical (unpaired) electrons. The van der Waals surface area contributed by atoms with Gasteiger partial charge in [0.15, 0.2) is 4.34 Å². The Morgan fingerprint density at radius 2 is 2.31 bits per heavy atom. The highest BCUT2D eigenvalue weighted by atomic mass is 32.2. The fourth-order valence-electron chi connectivity index (χ4n) is 0.706. The quantitative estimate of drug-likeness (QED) is 0.564. The summed E-state index contributed by atoms with van der Waals surface area (Å²) in [5, 5.41) is -0.281. The third-order valence-electron chi connectivity index (χ3n) is 1.44. The second kappa shape index (κ2) is 4.62. The average Bonchev–Trinajstić information content (AvgIpc) is 2.31. The summed E-state index contributed by atoms with van der Waals surface area (Å²) in [5.41, 5.74) is 0.983. The predicted molar refractivity (Wildman–Crippen MR) is 54.5 cm³/mol. The smallest absolute Gasteiger partial charge is 0.374 e. The Hall–Kier alpha value is -0.550. The number of carbonyl (C=O) groups excluding carboxylic acids is 1. The summed E-state index contributed by atoms with van der Waals surface area (Å²) >= 11 is 2.57. The lowest BCUT2D eigenvalue weighted by atomic mass is 10.4. The first-order valence-electron chi connectivity index (χ1n) is 3.92. The summed E-state index contributed by atoms with van der Waals surface area (Å²) in [6.07, 6.45) is 0. The number of aromatic nitrogens is 1. The standard InChI is InChI=1S/C8H11NO2S2/c1-4-11-8(10)13-7-9-5(2)6(3)12-7/h4H2,1-3H3. The third kappa shape index (κ3) is 3.00. The van der Waals surface area contributed by atoms with E-state index < -0.39 is 0 Å². The molecule has 13 heavy (non-hydrogen) atoms. The molecule has 0 saturated heterocycles. The highest BCUT2D eigenvalue weighted by Gasteiger charge is 2.10. The number of hydrogen-bond donors (Lipinski definition) is 0. The van der Waals surface area contributed by atoms with Gasteiger partial charge in [0.2, 0.25) is 0 Å². The summed E-state index contributed by atoms with van der Waals surface area (Å²) < 4.78 is 5.54. The van der Waals surface area contributed by atoms with Crippen LogP contribution < -0.4 is 0 Å². The molecular weight excluding hydrogens is 206 g/mol. The van der Waals surface area contributed by atoms with Gasteiger partial charge in [-0.3, -0.25) is 0 Å². The Morgan fingerprint density at radius 1 is 1.62 bits per heavy atom. The Balaban J connectivity index is 2.59. The maximum atomic E-state index is 11.0. The number of aryl methyl sites for hydroxylation is 2. The predicted octanol–water partition coefficient (Wildman–Crippen LogP) is 3.01. The van der Waals surface area contributed by atoms with E-state index in [4.69, 9.17) is 4.74 Å². The topological polar surface area (TPSA) is 39.2 Å². The zero-order chi connectivity index (χ0) is 9.84. The molecular formula is C8H11NO2S2. The first kappa shape index (κ1) is 10.5. The van der Waals surface area contributed by atoms with Gasteiger partial charge < -0.3 is 4.74 Å². The Kier molecular flexibility index (Phi) is 3.74. The van der Waals surface area contributed by atoms with E-state index >= 15 is 0 Å². The molecule has 0 saturated carbocycles. The summed E-state index contributed by atoms with van der Waals surface area (Å²) in [7, 11) is 0. The van der Waals surface area contributed by atoms with E-state index in [2.05, 4.69) is 4.98 Å². The van der Waals surface area contributed by atoms with Crippen LogP contribution in [0.3, 0.4) is 0 Å². The zero-order valence-corrected chi connectivity index (χ0v) is 9.42. The van der Waals surface area contributed by atoms with Crippen molar-refractivity contribution in [1.29, 1.82) is 0 Å². The molecule has 1 aromatic heterocycles. The molecule has 0 N–H and O–H groups in total. The first-order valence-corrected chi connectivity index (χ1v) is 5.55. The molecule has 0 atom stereocenters. The third-order valence-corrected chi connectivity index (χ3v) is 3.36. The highest BCUT2D eigenvalue weighted by molar-refractivity contribution is 8.14. The van der Waals surface area contributed by atoms with Crippen LogP contribution in [0.2, 0.25) is 0 Å². The molecule has 0 unspecified atom stereocenters. The van der Waals surface area contributed by atoms with E-state index in [1.807, 2.05) is 13.8 Å². The van der Waals surface area contributed by atoms with Crippen LogP contribution in [-0.2, 0) is 4.74 Å². The Labute approximate surface area is 85.5 Å². The lowest BCUT2D eigenvalue weighted by Crippen LogP contribution is -1.95. The lowest BCUT2D eigenvalue weighted by molar-refractivity contribution is 0.181. The van der Waals surface area contributed by atoms with Crippen molar-refractivity contribution in [3.63, 3.8) is 0 Å². The minimum atomic E-state index is -0.281. The molecule has 3 nitrogen and oxygen atoms in total. The van der Waals surface area contributed by atoms with Crippen LogP contribution in [0, 0.1) is 13.8 Å². The molecule has 72 valence electrons. The summed E-state index contributed by atoms with van der Waals surface area (Å²) in [6, 6.07) is 0. The molecule has 0 spiro atoms. The largest absolute Gasteiger partial charge is 0.458 e. The van der Waals surface area contributed by atoms with Gasteiger partial charge in [-0.15, -0.1) is 11.3 Å². The van der Waals surface area contributed by atoms with Crippen molar-refractivity contribution in [1.82, 2.24) is 4.98 Å². The van der Waals surface area contributed by atoms with Crippen molar-refractivity contribution < 1.29 is 9.53 Å². The fraction of sp³-hybridized carbons (Fsp3) is 0.500. The molecule has 0 aliphatic rings. The second-order valence-electron chi connectivity index (χ2n) is 2.41. The summed E-state index contributed by atoms with van der Waals surface area (Å²) in [5.74, 6) is 0. The van der Waals surface area contributed by atoms with Gasteiger partial charge in [-0.1, -0.05) is 0 Å². The zero-order valence-electron chi connectivity index (χ0n) is 7.79. The lowest BCUT2D eigenvalue weighted by Gasteiger charge is -1.96. The van der Waals surface area contributed by atoms with Crippen molar-refractivity contribution in [3.05, 3.63) is 10.6 Å². The SMILES string of the molecule is CCOC(=O)Sc1nc(C)c(C)s1. The van der Waals surface area contributed by atoms with Crippen LogP contribution in [0.5, 0.6) is 0 Å². The van der Waals surface area contributed by atoms with Gasteiger partial charge in [-0.05, 0) is 20.8 Å². The van der Waals surface area contributed by atoms with Crippen LogP contribution in [0.4, 0.5) is 4.79 Å². The molecule has 1 heterocycles. The van der Waals surface area contributed by atoms with Gasteiger partial charge in [0.1, 0.15) is 0 Å². The number of nitrogens with zero attached hydrogens (tertiary/aromatic N) is 1. The van der Waals surface area contributed by atoms with E-state index in [0.717, 1.165) is 26.7 Å². The first-order chi connectivity index (χ1) is 6.13. The monoisotopic (exact) mass is 217 g/mol. The molecule has 0 aliphatic carbocycles. The van der Waals surface area contributed by atoms with Crippen molar-refractivity contribution in [2.75, 3.05) is 6.61 Å². The van der Waals surface area contributed by atoms with Crippen LogP contribution in [0.15, 0.2) is 4.34 Å². The average molecular weight is 217 g/mol. The van der Waals surface area contributed by atoms with E-state index in [1.165, 1.54) is 11.3 Å². The molecule has 0 fully saturated rings. The van der Waals surface area contributed by atoms with E-state index in [0.29, 0.717) is 6.61 Å². The van der Waals surface area contributed by atoms with Crippen molar-refractivity contribution in [2.45, 2.75) is 25.1 Å². The highest BCUT2D eigenvalue weighted by Crippen LogP contribution is 2.27. The van der Waals surface area contributed by atoms with Crippen LogP contribution in [-0.4, -0.2) is 16.9 Å². The maximum absolute atomic E-state index is 11.0. The van der Waals surface area contributed by atoms with Gasteiger partial charge in [0, 0.05) is 16.6 Å². The van der Waals surface area contributed by atoms with Crippen LogP contribution in [0.1, 0.15) is 17.5 Å². The van der Waals surface area contributed by atoms with Gasteiger partial charge in [-0.2, -0.15) is 0 Å². The number of carbonyl (C=O) groups is 1. The summed E-state index contributed by atoms with van der Waals surface area (Å²) in [6.45, 7) is 6.12. The van der Waals surface area contributed by atoms with Gasteiger partial charge in [0.25, 0.3) is 0 Å². The van der Waals surface area contributed by atoms with E-state index in [-0.39, 0.29) is 5.30 Å². The van der Waals surface area contributed by atoms with Crippen LogP contribution >= 0.6 is 23.1 Å². The number of thioether (sulfide) groups is 1. The van der Waals surface area contributed by atoms with Gasteiger partial charge in [-0.25, -0.2) is 9.78 Å². The fourth-order valence-corrected chi connectivity index (χ4v) is 2.59. The maximum Gasteiger partial charge on any atom is 0.374 e.